The van der Waals surface area contributed by atoms with Gasteiger partial charge in [0.1, 0.15) is 0 Å². The molecule has 6 heteroatoms. The molecule has 2 aliphatic rings. The van der Waals surface area contributed by atoms with E-state index < -0.39 is 0 Å². The Hall–Kier alpha value is -1.17. The Labute approximate surface area is 111 Å². The maximum atomic E-state index is 12.0. The molecule has 0 radical (unpaired) electrons. The van der Waals surface area contributed by atoms with E-state index >= 15 is 0 Å². The largest absolute Gasteiger partial charge is 0.349 e. The molecule has 1 heterocycles. The zero-order chi connectivity index (χ0) is 12.7. The van der Waals surface area contributed by atoms with Crippen LogP contribution in [0.4, 0.5) is 0 Å². The second kappa shape index (κ2) is 4.50. The van der Waals surface area contributed by atoms with Gasteiger partial charge in [0.25, 0.3) is 0 Å². The minimum atomic E-state index is 0.181. The molecular weight excluding hydrogens is 248 g/mol. The number of nitrogens with one attached hydrogen (secondary N) is 2. The van der Waals surface area contributed by atoms with Crippen LogP contribution in [-0.2, 0) is 18.4 Å². The molecule has 2 atom stereocenters. The number of amides is 1. The van der Waals surface area contributed by atoms with Crippen molar-refractivity contribution in [1.29, 1.82) is 0 Å². The summed E-state index contributed by atoms with van der Waals surface area (Å²) in [7, 11) is 1.85. The minimum Gasteiger partial charge on any atom is -0.349 e. The van der Waals surface area contributed by atoms with Gasteiger partial charge in [-0.15, -0.1) is 0 Å². The summed E-state index contributed by atoms with van der Waals surface area (Å²) in [6.45, 7) is 0.455. The molecule has 0 unspecified atom stereocenters. The number of H-pyrrole nitrogens is 1. The molecule has 2 N–H and O–H groups in total. The van der Waals surface area contributed by atoms with Gasteiger partial charge in [0.05, 0.1) is 6.54 Å². The van der Waals surface area contributed by atoms with Crippen LogP contribution in [0.15, 0.2) is 0 Å². The second-order valence-corrected chi connectivity index (χ2v) is 5.81. The van der Waals surface area contributed by atoms with Crippen LogP contribution in [0.25, 0.3) is 0 Å². The molecule has 0 aromatic carbocycles. The van der Waals surface area contributed by atoms with Crippen LogP contribution in [-0.4, -0.2) is 20.7 Å². The lowest BCUT2D eigenvalue weighted by molar-refractivity contribution is -0.123. The van der Waals surface area contributed by atoms with E-state index in [-0.39, 0.29) is 11.8 Å². The van der Waals surface area contributed by atoms with E-state index in [1.54, 1.807) is 4.57 Å². The van der Waals surface area contributed by atoms with Crippen molar-refractivity contribution < 1.29 is 4.79 Å². The SMILES string of the molecule is Cn1c(CNC(=O)[C@H]2C[C@H]2C2CCC2)n[nH]c1=S. The first-order valence-corrected chi connectivity index (χ1v) is 6.95. The lowest BCUT2D eigenvalue weighted by Crippen LogP contribution is -2.28. The lowest BCUT2D eigenvalue weighted by Gasteiger charge is -2.25. The summed E-state index contributed by atoms with van der Waals surface area (Å²) in [4.78, 5) is 12.0. The predicted molar refractivity (Wildman–Crippen MR) is 69.2 cm³/mol. The summed E-state index contributed by atoms with van der Waals surface area (Å²) in [5.74, 6) is 2.68. The van der Waals surface area contributed by atoms with Gasteiger partial charge in [0.2, 0.25) is 5.91 Å². The molecule has 2 fully saturated rings. The van der Waals surface area contributed by atoms with Crippen molar-refractivity contribution in [3.63, 3.8) is 0 Å². The van der Waals surface area contributed by atoms with Gasteiger partial charge in [-0.3, -0.25) is 9.89 Å². The van der Waals surface area contributed by atoms with Gasteiger partial charge in [0.15, 0.2) is 10.6 Å². The van der Waals surface area contributed by atoms with E-state index in [4.69, 9.17) is 12.2 Å². The number of hydrogen-bond acceptors (Lipinski definition) is 3. The number of carbonyl (C=O) groups is 1. The fourth-order valence-electron chi connectivity index (χ4n) is 2.74. The molecule has 0 aliphatic heterocycles. The maximum absolute atomic E-state index is 12.0. The van der Waals surface area contributed by atoms with Gasteiger partial charge in [0, 0.05) is 13.0 Å². The molecule has 2 saturated carbocycles. The monoisotopic (exact) mass is 266 g/mol. The molecule has 0 saturated heterocycles. The van der Waals surface area contributed by atoms with E-state index in [9.17, 15) is 4.79 Å². The molecule has 18 heavy (non-hydrogen) atoms. The molecule has 1 aromatic heterocycles. The Morgan fingerprint density at radius 3 is 2.94 bits per heavy atom. The van der Waals surface area contributed by atoms with Gasteiger partial charge in [-0.1, -0.05) is 19.3 Å². The average Bonchev–Trinajstić information content (AvgIpc) is 2.98. The molecule has 1 amide bonds. The third-order valence-corrected chi connectivity index (χ3v) is 4.69. The van der Waals surface area contributed by atoms with Crippen molar-refractivity contribution in [3.05, 3.63) is 10.6 Å². The standard InChI is InChI=1S/C12H18N4OS/c1-16-10(14-15-12(16)18)6-13-11(17)9-5-8(9)7-3-2-4-7/h7-9H,2-6H2,1H3,(H,13,17)(H,15,18)/t8-,9-/m0/s1. The van der Waals surface area contributed by atoms with Crippen molar-refractivity contribution in [2.24, 2.45) is 24.8 Å². The molecule has 1 aromatic rings. The molecule has 3 rings (SSSR count). The highest BCUT2D eigenvalue weighted by molar-refractivity contribution is 7.71. The zero-order valence-electron chi connectivity index (χ0n) is 10.5. The zero-order valence-corrected chi connectivity index (χ0v) is 11.3. The number of nitrogens with zero attached hydrogens (tertiary/aromatic N) is 2. The van der Waals surface area contributed by atoms with Crippen molar-refractivity contribution in [3.8, 4) is 0 Å². The summed E-state index contributed by atoms with van der Waals surface area (Å²) in [5, 5.41) is 9.75. The summed E-state index contributed by atoms with van der Waals surface area (Å²) in [5.41, 5.74) is 0. The van der Waals surface area contributed by atoms with Crippen molar-refractivity contribution in [2.45, 2.75) is 32.2 Å². The summed E-state index contributed by atoms with van der Waals surface area (Å²) in [6.07, 6.45) is 5.07. The van der Waals surface area contributed by atoms with Crippen LogP contribution in [0.3, 0.4) is 0 Å². The number of carbonyl (C=O) groups excluding carboxylic acids is 1. The lowest BCUT2D eigenvalue weighted by atomic mass is 9.81. The molecule has 0 bridgehead atoms. The molecule has 0 spiro atoms. The van der Waals surface area contributed by atoms with Crippen LogP contribution in [0, 0.1) is 22.5 Å². The highest BCUT2D eigenvalue weighted by Crippen LogP contribution is 2.51. The number of aromatic nitrogens is 3. The number of hydrogen-bond donors (Lipinski definition) is 2. The predicted octanol–water partition coefficient (Wildman–Crippen LogP) is 1.53. The van der Waals surface area contributed by atoms with Crippen LogP contribution in [0.2, 0.25) is 0 Å². The first-order chi connectivity index (χ1) is 8.66. The third kappa shape index (κ3) is 2.09. The molecule has 5 nitrogen and oxygen atoms in total. The first-order valence-electron chi connectivity index (χ1n) is 6.55. The van der Waals surface area contributed by atoms with Gasteiger partial charge < -0.3 is 9.88 Å². The van der Waals surface area contributed by atoms with Crippen LogP contribution >= 0.6 is 12.2 Å². The average molecular weight is 266 g/mol. The fraction of sp³-hybridized carbons (Fsp3) is 0.750. The van der Waals surface area contributed by atoms with Crippen LogP contribution in [0.1, 0.15) is 31.5 Å². The van der Waals surface area contributed by atoms with E-state index in [0.717, 1.165) is 18.2 Å². The van der Waals surface area contributed by atoms with E-state index in [0.29, 0.717) is 17.2 Å². The normalized spacial score (nSPS) is 26.7. The Kier molecular flexibility index (Phi) is 2.97. The van der Waals surface area contributed by atoms with E-state index in [1.807, 2.05) is 7.05 Å². The highest BCUT2D eigenvalue weighted by atomic mass is 32.1. The maximum Gasteiger partial charge on any atom is 0.223 e. The Morgan fingerprint density at radius 2 is 2.39 bits per heavy atom. The second-order valence-electron chi connectivity index (χ2n) is 5.42. The summed E-state index contributed by atoms with van der Waals surface area (Å²) >= 11 is 5.03. The molecular formula is C12H18N4OS. The van der Waals surface area contributed by atoms with Crippen LogP contribution < -0.4 is 5.32 Å². The molecule has 98 valence electrons. The summed E-state index contributed by atoms with van der Waals surface area (Å²) < 4.78 is 2.37. The smallest absolute Gasteiger partial charge is 0.223 e. The van der Waals surface area contributed by atoms with Crippen molar-refractivity contribution >= 4 is 18.1 Å². The quantitative estimate of drug-likeness (QED) is 0.812. The van der Waals surface area contributed by atoms with Gasteiger partial charge in [-0.25, -0.2) is 0 Å². The van der Waals surface area contributed by atoms with E-state index in [2.05, 4.69) is 15.5 Å². The topological polar surface area (TPSA) is 62.7 Å². The summed E-state index contributed by atoms with van der Waals surface area (Å²) in [6, 6.07) is 0. The van der Waals surface area contributed by atoms with Crippen molar-refractivity contribution in [1.82, 2.24) is 20.1 Å². The molecule has 2 aliphatic carbocycles. The van der Waals surface area contributed by atoms with Gasteiger partial charge >= 0.3 is 0 Å². The number of aromatic amines is 1. The van der Waals surface area contributed by atoms with Crippen molar-refractivity contribution in [2.75, 3.05) is 0 Å². The Balaban J connectivity index is 1.50. The Bertz CT molecular complexity index is 516. The number of rotatable bonds is 4. The third-order valence-electron chi connectivity index (χ3n) is 4.33. The van der Waals surface area contributed by atoms with Crippen LogP contribution in [0.5, 0.6) is 0 Å². The minimum absolute atomic E-state index is 0.181. The first kappa shape index (κ1) is 11.9. The Morgan fingerprint density at radius 1 is 1.61 bits per heavy atom. The fourth-order valence-corrected chi connectivity index (χ4v) is 2.89. The highest BCUT2D eigenvalue weighted by Gasteiger charge is 2.48. The van der Waals surface area contributed by atoms with Gasteiger partial charge in [-0.2, -0.15) is 5.10 Å². The van der Waals surface area contributed by atoms with E-state index in [1.165, 1.54) is 19.3 Å². The van der Waals surface area contributed by atoms with Gasteiger partial charge in [-0.05, 0) is 30.5 Å².